The molecule has 1 aliphatic carbocycles. The van der Waals surface area contributed by atoms with Gasteiger partial charge < -0.3 is 11.1 Å². The molecule has 136 valence electrons. The van der Waals surface area contributed by atoms with E-state index in [1.165, 1.54) is 49.7 Å². The standard InChI is InChI=1S/C19H27N5.HI/c20-19(23-18-9-3-1-2-4-10-18)21-14-16-7-5-8-17(13-16)15-24-12-6-11-22-24;/h5-8,11-13,18H,1-4,9-10,14-15H2,(H3,20,21,23);1H. The van der Waals surface area contributed by atoms with Crippen LogP contribution in [0.3, 0.4) is 0 Å². The number of aromatic nitrogens is 2. The Labute approximate surface area is 167 Å². The summed E-state index contributed by atoms with van der Waals surface area (Å²) in [4.78, 5) is 4.52. The fourth-order valence-corrected chi connectivity index (χ4v) is 3.26. The molecule has 0 radical (unpaired) electrons. The lowest BCUT2D eigenvalue weighted by Crippen LogP contribution is -2.39. The van der Waals surface area contributed by atoms with Crippen molar-refractivity contribution < 1.29 is 0 Å². The summed E-state index contributed by atoms with van der Waals surface area (Å²) >= 11 is 0. The molecule has 6 heteroatoms. The highest BCUT2D eigenvalue weighted by Gasteiger charge is 2.12. The first-order valence-corrected chi connectivity index (χ1v) is 8.91. The van der Waals surface area contributed by atoms with Gasteiger partial charge >= 0.3 is 0 Å². The molecule has 1 heterocycles. The number of hydrogen-bond donors (Lipinski definition) is 2. The molecule has 5 nitrogen and oxygen atoms in total. The molecule has 0 aliphatic heterocycles. The summed E-state index contributed by atoms with van der Waals surface area (Å²) in [5.74, 6) is 0.569. The Morgan fingerprint density at radius 3 is 2.64 bits per heavy atom. The smallest absolute Gasteiger partial charge is 0.189 e. The maximum atomic E-state index is 6.08. The van der Waals surface area contributed by atoms with E-state index in [9.17, 15) is 0 Å². The van der Waals surface area contributed by atoms with Gasteiger partial charge in [-0.15, -0.1) is 24.0 Å². The topological polar surface area (TPSA) is 68.2 Å². The number of rotatable bonds is 5. The van der Waals surface area contributed by atoms with Crippen molar-refractivity contribution in [3.63, 3.8) is 0 Å². The van der Waals surface area contributed by atoms with Crippen LogP contribution in [0.15, 0.2) is 47.7 Å². The van der Waals surface area contributed by atoms with Crippen LogP contribution in [0.25, 0.3) is 0 Å². The van der Waals surface area contributed by atoms with E-state index >= 15 is 0 Å². The van der Waals surface area contributed by atoms with Crippen molar-refractivity contribution in [1.82, 2.24) is 15.1 Å². The first-order chi connectivity index (χ1) is 11.8. The van der Waals surface area contributed by atoms with Gasteiger partial charge in [-0.2, -0.15) is 5.10 Å². The predicted octanol–water partition coefficient (Wildman–Crippen LogP) is 3.68. The molecule has 1 saturated carbocycles. The molecule has 0 amide bonds. The molecule has 3 N–H and O–H groups in total. The molecule has 0 bridgehead atoms. The predicted molar refractivity (Wildman–Crippen MR) is 113 cm³/mol. The fourth-order valence-electron chi connectivity index (χ4n) is 3.26. The maximum Gasteiger partial charge on any atom is 0.189 e. The molecule has 0 unspecified atom stereocenters. The average Bonchev–Trinajstić information content (AvgIpc) is 2.96. The van der Waals surface area contributed by atoms with Crippen molar-refractivity contribution in [1.29, 1.82) is 0 Å². The third-order valence-electron chi connectivity index (χ3n) is 4.53. The molecular formula is C19H28IN5. The summed E-state index contributed by atoms with van der Waals surface area (Å²) in [6.45, 7) is 1.39. The van der Waals surface area contributed by atoms with Crippen molar-refractivity contribution in [3.05, 3.63) is 53.9 Å². The maximum absolute atomic E-state index is 6.08. The molecule has 25 heavy (non-hydrogen) atoms. The van der Waals surface area contributed by atoms with Crippen LogP contribution in [0, 0.1) is 0 Å². The number of hydrogen-bond acceptors (Lipinski definition) is 2. The van der Waals surface area contributed by atoms with Crippen molar-refractivity contribution in [2.24, 2.45) is 10.7 Å². The third kappa shape index (κ3) is 6.68. The zero-order valence-electron chi connectivity index (χ0n) is 14.6. The third-order valence-corrected chi connectivity index (χ3v) is 4.53. The Balaban J connectivity index is 0.00000225. The van der Waals surface area contributed by atoms with Gasteiger partial charge in [0.05, 0.1) is 13.1 Å². The summed E-state index contributed by atoms with van der Waals surface area (Å²) < 4.78 is 1.92. The highest BCUT2D eigenvalue weighted by atomic mass is 127. The lowest BCUT2D eigenvalue weighted by atomic mass is 10.1. The number of nitrogens with one attached hydrogen (secondary N) is 1. The molecule has 1 aliphatic rings. The van der Waals surface area contributed by atoms with E-state index in [-0.39, 0.29) is 24.0 Å². The molecule has 0 spiro atoms. The first-order valence-electron chi connectivity index (χ1n) is 8.91. The molecule has 0 saturated heterocycles. The van der Waals surface area contributed by atoms with Gasteiger partial charge in [-0.05, 0) is 30.0 Å². The van der Waals surface area contributed by atoms with E-state index < -0.39 is 0 Å². The van der Waals surface area contributed by atoms with E-state index in [0.717, 1.165) is 6.54 Å². The molecule has 2 aromatic rings. The fraction of sp³-hybridized carbons (Fsp3) is 0.474. The monoisotopic (exact) mass is 453 g/mol. The number of guanidine groups is 1. The second-order valence-electron chi connectivity index (χ2n) is 6.56. The van der Waals surface area contributed by atoms with Crippen molar-refractivity contribution >= 4 is 29.9 Å². The number of halogens is 1. The van der Waals surface area contributed by atoms with E-state index in [2.05, 4.69) is 39.7 Å². The SMILES string of the molecule is I.NC(=NCc1cccc(Cn2cccn2)c1)NC1CCCCCC1. The van der Waals surface area contributed by atoms with Gasteiger partial charge in [0.25, 0.3) is 0 Å². The van der Waals surface area contributed by atoms with Crippen LogP contribution in [0.4, 0.5) is 0 Å². The van der Waals surface area contributed by atoms with Crippen molar-refractivity contribution in [3.8, 4) is 0 Å². The minimum atomic E-state index is 0. The minimum Gasteiger partial charge on any atom is -0.370 e. The quantitative estimate of drug-likeness (QED) is 0.314. The summed E-state index contributed by atoms with van der Waals surface area (Å²) in [5, 5.41) is 7.64. The largest absolute Gasteiger partial charge is 0.370 e. The van der Waals surface area contributed by atoms with E-state index in [1.807, 2.05) is 16.9 Å². The number of nitrogens with zero attached hydrogens (tertiary/aromatic N) is 3. The van der Waals surface area contributed by atoms with E-state index in [1.54, 1.807) is 6.20 Å². The Morgan fingerprint density at radius 1 is 1.16 bits per heavy atom. The lowest BCUT2D eigenvalue weighted by molar-refractivity contribution is 0.530. The van der Waals surface area contributed by atoms with E-state index in [0.29, 0.717) is 18.5 Å². The first kappa shape index (κ1) is 19.8. The molecule has 1 aromatic carbocycles. The highest BCUT2D eigenvalue weighted by molar-refractivity contribution is 14.0. The summed E-state index contributed by atoms with van der Waals surface area (Å²) in [5.41, 5.74) is 8.47. The molecular weight excluding hydrogens is 425 g/mol. The second kappa shape index (κ2) is 10.4. The summed E-state index contributed by atoms with van der Waals surface area (Å²) in [7, 11) is 0. The zero-order valence-corrected chi connectivity index (χ0v) is 16.9. The Hall–Kier alpha value is -1.57. The molecule has 3 rings (SSSR count). The van der Waals surface area contributed by atoms with Gasteiger partial charge in [0.15, 0.2) is 5.96 Å². The number of benzene rings is 1. The van der Waals surface area contributed by atoms with Crippen molar-refractivity contribution in [2.75, 3.05) is 0 Å². The van der Waals surface area contributed by atoms with Crippen LogP contribution in [-0.4, -0.2) is 21.8 Å². The van der Waals surface area contributed by atoms with Gasteiger partial charge in [-0.1, -0.05) is 49.9 Å². The van der Waals surface area contributed by atoms with Crippen LogP contribution in [0.2, 0.25) is 0 Å². The highest BCUT2D eigenvalue weighted by Crippen LogP contribution is 2.17. The zero-order chi connectivity index (χ0) is 16.6. The molecule has 1 aromatic heterocycles. The van der Waals surface area contributed by atoms with Crippen LogP contribution in [0.5, 0.6) is 0 Å². The average molecular weight is 453 g/mol. The lowest BCUT2D eigenvalue weighted by Gasteiger charge is -2.16. The van der Waals surface area contributed by atoms with Crippen LogP contribution < -0.4 is 11.1 Å². The van der Waals surface area contributed by atoms with Gasteiger partial charge in [-0.25, -0.2) is 4.99 Å². The normalized spacial score (nSPS) is 16.1. The Morgan fingerprint density at radius 2 is 1.92 bits per heavy atom. The van der Waals surface area contributed by atoms with Crippen LogP contribution in [0.1, 0.15) is 49.7 Å². The van der Waals surface area contributed by atoms with Gasteiger partial charge in [0.2, 0.25) is 0 Å². The van der Waals surface area contributed by atoms with Crippen molar-refractivity contribution in [2.45, 2.75) is 57.7 Å². The van der Waals surface area contributed by atoms with E-state index in [4.69, 9.17) is 5.73 Å². The Kier molecular flexibility index (Phi) is 8.24. The summed E-state index contributed by atoms with van der Waals surface area (Å²) in [6, 6.07) is 10.9. The number of nitrogens with two attached hydrogens (primary N) is 1. The Bertz CT molecular complexity index is 646. The second-order valence-corrected chi connectivity index (χ2v) is 6.56. The van der Waals surface area contributed by atoms with Gasteiger partial charge in [-0.3, -0.25) is 4.68 Å². The van der Waals surface area contributed by atoms with Gasteiger partial charge in [0.1, 0.15) is 0 Å². The van der Waals surface area contributed by atoms with Crippen LogP contribution in [-0.2, 0) is 13.1 Å². The molecule has 1 fully saturated rings. The molecule has 0 atom stereocenters. The van der Waals surface area contributed by atoms with Crippen LogP contribution >= 0.6 is 24.0 Å². The van der Waals surface area contributed by atoms with Gasteiger partial charge in [0, 0.05) is 18.4 Å². The summed E-state index contributed by atoms with van der Waals surface area (Å²) in [6.07, 6.45) is 11.5. The number of aliphatic imine (C=N–C) groups is 1. The minimum absolute atomic E-state index is 0.